The number of unbranched alkanes of at least 4 members (excludes halogenated alkanes) is 1. The van der Waals surface area contributed by atoms with Crippen LogP contribution in [-0.2, 0) is 9.59 Å². The number of methoxy groups -OCH3 is 1. The molecule has 1 fully saturated rings. The average Bonchev–Trinajstić information content (AvgIpc) is 2.53. The van der Waals surface area contributed by atoms with Crippen LogP contribution in [-0.4, -0.2) is 30.4 Å². The second-order valence-electron chi connectivity index (χ2n) is 5.62. The van der Waals surface area contributed by atoms with E-state index in [1.165, 1.54) is 0 Å². The van der Waals surface area contributed by atoms with Gasteiger partial charge in [-0.2, -0.15) is 0 Å². The van der Waals surface area contributed by atoms with Crippen LogP contribution in [0.2, 0.25) is 0 Å². The van der Waals surface area contributed by atoms with Crippen LogP contribution < -0.4 is 9.84 Å². The second kappa shape index (κ2) is 7.29. The first kappa shape index (κ1) is 16.3. The third-order valence-corrected chi connectivity index (χ3v) is 4.22. The van der Waals surface area contributed by atoms with Crippen molar-refractivity contribution < 1.29 is 19.4 Å². The maximum atomic E-state index is 12.3. The maximum Gasteiger partial charge on any atom is 0.223 e. The molecule has 22 heavy (non-hydrogen) atoms. The molecular weight excluding hydrogens is 282 g/mol. The standard InChI is InChI=1S/C17H23NO4/c1-3-4-11-18-15(19)10-9-14(17(20)21)16(18)12-5-7-13(22-2)8-6-12/h5-8,14,16H,3-4,9-11H2,1-2H3,(H,20,21)/p-1/t14-,16-/m0/s1. The van der Waals surface area contributed by atoms with Crippen LogP contribution in [0.5, 0.6) is 5.75 Å². The highest BCUT2D eigenvalue weighted by atomic mass is 16.5. The Morgan fingerprint density at radius 1 is 1.36 bits per heavy atom. The summed E-state index contributed by atoms with van der Waals surface area (Å²) < 4.78 is 5.13. The Hall–Kier alpha value is -2.04. The fourth-order valence-electron chi connectivity index (χ4n) is 3.01. The number of hydrogen-bond acceptors (Lipinski definition) is 4. The number of carbonyl (C=O) groups excluding carboxylic acids is 2. The molecule has 0 spiro atoms. The number of rotatable bonds is 6. The lowest BCUT2D eigenvalue weighted by Crippen LogP contribution is -2.49. The number of piperidine rings is 1. The zero-order chi connectivity index (χ0) is 16.1. The minimum Gasteiger partial charge on any atom is -0.550 e. The molecule has 0 aromatic heterocycles. The van der Waals surface area contributed by atoms with Gasteiger partial charge in [0, 0.05) is 24.9 Å². The Balaban J connectivity index is 2.34. The molecule has 0 bridgehead atoms. The number of hydrogen-bond donors (Lipinski definition) is 0. The summed E-state index contributed by atoms with van der Waals surface area (Å²) >= 11 is 0. The summed E-state index contributed by atoms with van der Waals surface area (Å²) in [6.07, 6.45) is 2.42. The molecule has 2 rings (SSSR count). The Morgan fingerprint density at radius 2 is 2.05 bits per heavy atom. The minimum atomic E-state index is -1.09. The van der Waals surface area contributed by atoms with Gasteiger partial charge >= 0.3 is 0 Å². The van der Waals surface area contributed by atoms with E-state index in [1.807, 2.05) is 19.1 Å². The summed E-state index contributed by atoms with van der Waals surface area (Å²) in [4.78, 5) is 25.5. The molecular formula is C17H22NO4-. The Kier molecular flexibility index (Phi) is 5.41. The lowest BCUT2D eigenvalue weighted by molar-refractivity contribution is -0.314. The van der Waals surface area contributed by atoms with Crippen molar-refractivity contribution in [2.45, 2.75) is 38.6 Å². The van der Waals surface area contributed by atoms with E-state index in [0.29, 0.717) is 18.7 Å². The summed E-state index contributed by atoms with van der Waals surface area (Å²) in [6.45, 7) is 2.63. The van der Waals surface area contributed by atoms with Gasteiger partial charge in [0.15, 0.2) is 0 Å². The number of carboxylic acids is 1. The van der Waals surface area contributed by atoms with Crippen LogP contribution in [0, 0.1) is 5.92 Å². The van der Waals surface area contributed by atoms with Crippen molar-refractivity contribution in [3.8, 4) is 5.75 Å². The van der Waals surface area contributed by atoms with Gasteiger partial charge < -0.3 is 19.5 Å². The van der Waals surface area contributed by atoms with Gasteiger partial charge in [-0.05, 0) is 30.5 Å². The van der Waals surface area contributed by atoms with Crippen LogP contribution in [0.1, 0.15) is 44.2 Å². The largest absolute Gasteiger partial charge is 0.550 e. The fraction of sp³-hybridized carbons (Fsp3) is 0.529. The summed E-state index contributed by atoms with van der Waals surface area (Å²) in [5, 5.41) is 11.5. The van der Waals surface area contributed by atoms with Crippen molar-refractivity contribution in [2.24, 2.45) is 5.92 Å². The first-order valence-electron chi connectivity index (χ1n) is 7.72. The lowest BCUT2D eigenvalue weighted by Gasteiger charge is -2.42. The number of aliphatic carboxylic acids is 1. The highest BCUT2D eigenvalue weighted by Crippen LogP contribution is 2.37. The average molecular weight is 304 g/mol. The third kappa shape index (κ3) is 3.40. The van der Waals surface area contributed by atoms with E-state index in [2.05, 4.69) is 0 Å². The van der Waals surface area contributed by atoms with Gasteiger partial charge in [0.05, 0.1) is 13.2 Å². The molecule has 0 unspecified atom stereocenters. The van der Waals surface area contributed by atoms with Crippen LogP contribution in [0.4, 0.5) is 0 Å². The molecule has 0 radical (unpaired) electrons. The molecule has 1 aromatic rings. The second-order valence-corrected chi connectivity index (χ2v) is 5.62. The summed E-state index contributed by atoms with van der Waals surface area (Å²) in [6, 6.07) is 6.79. The van der Waals surface area contributed by atoms with E-state index < -0.39 is 17.9 Å². The fourth-order valence-corrected chi connectivity index (χ4v) is 3.01. The molecule has 5 nitrogen and oxygen atoms in total. The molecule has 1 saturated heterocycles. The number of carbonyl (C=O) groups is 2. The van der Waals surface area contributed by atoms with Gasteiger partial charge in [0.2, 0.25) is 5.91 Å². The zero-order valence-corrected chi connectivity index (χ0v) is 13.1. The number of amides is 1. The van der Waals surface area contributed by atoms with E-state index in [1.54, 1.807) is 24.1 Å². The minimum absolute atomic E-state index is 0.0202. The highest BCUT2D eigenvalue weighted by Gasteiger charge is 2.37. The first-order valence-corrected chi connectivity index (χ1v) is 7.72. The van der Waals surface area contributed by atoms with Gasteiger partial charge in [-0.15, -0.1) is 0 Å². The number of ether oxygens (including phenoxy) is 1. The van der Waals surface area contributed by atoms with Crippen LogP contribution in [0.15, 0.2) is 24.3 Å². The van der Waals surface area contributed by atoms with E-state index >= 15 is 0 Å². The molecule has 1 amide bonds. The third-order valence-electron chi connectivity index (χ3n) is 4.22. The number of likely N-dealkylation sites (tertiary alicyclic amines) is 1. The topological polar surface area (TPSA) is 69.7 Å². The molecule has 2 atom stereocenters. The Labute approximate surface area is 130 Å². The molecule has 0 saturated carbocycles. The van der Waals surface area contributed by atoms with Crippen molar-refractivity contribution >= 4 is 11.9 Å². The van der Waals surface area contributed by atoms with E-state index in [-0.39, 0.29) is 12.3 Å². The molecule has 5 heteroatoms. The van der Waals surface area contributed by atoms with E-state index in [9.17, 15) is 14.7 Å². The first-order chi connectivity index (χ1) is 10.6. The Bertz CT molecular complexity index is 526. The van der Waals surface area contributed by atoms with Gasteiger partial charge in [0.25, 0.3) is 0 Å². The number of carboxylic acid groups (broad SMARTS) is 1. The van der Waals surface area contributed by atoms with Crippen molar-refractivity contribution in [1.29, 1.82) is 0 Å². The summed E-state index contributed by atoms with van der Waals surface area (Å²) in [5.41, 5.74) is 0.819. The van der Waals surface area contributed by atoms with Crippen LogP contribution >= 0.6 is 0 Å². The van der Waals surface area contributed by atoms with Gasteiger partial charge in [-0.1, -0.05) is 25.5 Å². The van der Waals surface area contributed by atoms with Crippen LogP contribution in [0.3, 0.4) is 0 Å². The molecule has 0 N–H and O–H groups in total. The van der Waals surface area contributed by atoms with Crippen molar-refractivity contribution in [3.05, 3.63) is 29.8 Å². The van der Waals surface area contributed by atoms with E-state index in [4.69, 9.17) is 4.74 Å². The SMILES string of the molecule is CCCCN1C(=O)CC[C@H](C(=O)[O-])[C@@H]1c1ccc(OC)cc1. The van der Waals surface area contributed by atoms with Gasteiger partial charge in [-0.25, -0.2) is 0 Å². The predicted octanol–water partition coefficient (Wildman–Crippen LogP) is 1.52. The van der Waals surface area contributed by atoms with Crippen molar-refractivity contribution in [2.75, 3.05) is 13.7 Å². The van der Waals surface area contributed by atoms with Gasteiger partial charge in [0.1, 0.15) is 5.75 Å². The number of benzene rings is 1. The van der Waals surface area contributed by atoms with Gasteiger partial charge in [-0.3, -0.25) is 4.79 Å². The number of nitrogens with zero attached hydrogens (tertiary/aromatic N) is 1. The molecule has 1 heterocycles. The quantitative estimate of drug-likeness (QED) is 0.799. The summed E-state index contributed by atoms with van der Waals surface area (Å²) in [7, 11) is 1.58. The van der Waals surface area contributed by atoms with Crippen molar-refractivity contribution in [1.82, 2.24) is 4.90 Å². The molecule has 1 aliphatic heterocycles. The summed E-state index contributed by atoms with van der Waals surface area (Å²) in [5.74, 6) is -1.03. The highest BCUT2D eigenvalue weighted by molar-refractivity contribution is 5.81. The Morgan fingerprint density at radius 3 is 2.59 bits per heavy atom. The molecule has 120 valence electrons. The lowest BCUT2D eigenvalue weighted by atomic mass is 9.84. The molecule has 1 aromatic carbocycles. The molecule has 0 aliphatic carbocycles. The van der Waals surface area contributed by atoms with Crippen molar-refractivity contribution in [3.63, 3.8) is 0 Å². The normalized spacial score (nSPS) is 21.7. The smallest absolute Gasteiger partial charge is 0.223 e. The zero-order valence-electron chi connectivity index (χ0n) is 13.1. The maximum absolute atomic E-state index is 12.3. The monoisotopic (exact) mass is 304 g/mol. The molecule has 1 aliphatic rings. The van der Waals surface area contributed by atoms with E-state index in [0.717, 1.165) is 18.4 Å². The van der Waals surface area contributed by atoms with Crippen LogP contribution in [0.25, 0.3) is 0 Å². The predicted molar refractivity (Wildman–Crippen MR) is 80.1 cm³/mol.